The van der Waals surface area contributed by atoms with E-state index in [1.165, 1.54) is 19.4 Å². The maximum atomic E-state index is 12.7. The van der Waals surface area contributed by atoms with E-state index in [9.17, 15) is 19.5 Å². The third-order valence-electron chi connectivity index (χ3n) is 6.20. The number of β-amino-alcohol motifs (C(OH)–C–C–N with tert-alkyl or cyclic N) is 1. The SMILES string of the molecule is COC(=O)c1cc(Cl)ccc1OC1CCN(CC(O)CNC(=O)c2c[nH]c(=O)c3ccccc23)CC1. The number of halogens is 1. The van der Waals surface area contributed by atoms with Crippen molar-refractivity contribution in [1.82, 2.24) is 15.2 Å². The first-order valence-corrected chi connectivity index (χ1v) is 12.1. The number of esters is 1. The van der Waals surface area contributed by atoms with Gasteiger partial charge in [-0.2, -0.15) is 0 Å². The molecule has 190 valence electrons. The van der Waals surface area contributed by atoms with E-state index in [0.29, 0.717) is 59.6 Å². The molecule has 1 unspecified atom stereocenters. The molecule has 3 aromatic rings. The lowest BCUT2D eigenvalue weighted by atomic mass is 10.1. The van der Waals surface area contributed by atoms with Gasteiger partial charge in [-0.25, -0.2) is 4.79 Å². The maximum absolute atomic E-state index is 12.7. The van der Waals surface area contributed by atoms with Crippen LogP contribution in [0, 0.1) is 0 Å². The number of amides is 1. The third kappa shape index (κ3) is 6.04. The predicted octanol–water partition coefficient (Wildman–Crippen LogP) is 2.60. The number of aromatic amines is 1. The highest BCUT2D eigenvalue weighted by molar-refractivity contribution is 6.31. The Morgan fingerprint density at radius 1 is 1.17 bits per heavy atom. The average molecular weight is 514 g/mol. The Morgan fingerprint density at radius 3 is 2.61 bits per heavy atom. The van der Waals surface area contributed by atoms with Crippen LogP contribution in [0.5, 0.6) is 5.75 Å². The van der Waals surface area contributed by atoms with Gasteiger partial charge in [0.15, 0.2) is 0 Å². The highest BCUT2D eigenvalue weighted by Gasteiger charge is 2.24. The normalized spacial score (nSPS) is 15.4. The highest BCUT2D eigenvalue weighted by Crippen LogP contribution is 2.27. The molecule has 36 heavy (non-hydrogen) atoms. The summed E-state index contributed by atoms with van der Waals surface area (Å²) in [6.07, 6.45) is 1.97. The largest absolute Gasteiger partial charge is 0.489 e. The fourth-order valence-electron chi connectivity index (χ4n) is 4.33. The maximum Gasteiger partial charge on any atom is 0.341 e. The smallest absolute Gasteiger partial charge is 0.341 e. The molecule has 0 aliphatic carbocycles. The molecule has 1 amide bonds. The molecule has 0 saturated carbocycles. The van der Waals surface area contributed by atoms with Crippen LogP contribution in [0.4, 0.5) is 0 Å². The Balaban J connectivity index is 1.26. The molecule has 2 heterocycles. The fraction of sp³-hybridized carbons (Fsp3) is 0.346. The molecule has 2 aromatic carbocycles. The van der Waals surface area contributed by atoms with Crippen LogP contribution < -0.4 is 15.6 Å². The molecule has 3 N–H and O–H groups in total. The summed E-state index contributed by atoms with van der Waals surface area (Å²) < 4.78 is 10.9. The van der Waals surface area contributed by atoms with Crippen molar-refractivity contribution in [3.05, 3.63) is 75.2 Å². The number of H-pyrrole nitrogens is 1. The van der Waals surface area contributed by atoms with E-state index in [4.69, 9.17) is 21.1 Å². The van der Waals surface area contributed by atoms with E-state index in [1.54, 1.807) is 36.4 Å². The number of nitrogens with one attached hydrogen (secondary N) is 2. The summed E-state index contributed by atoms with van der Waals surface area (Å²) in [5, 5.41) is 14.7. The molecule has 9 nitrogen and oxygen atoms in total. The first-order chi connectivity index (χ1) is 17.4. The second kappa shape index (κ2) is 11.6. The molecule has 1 fully saturated rings. The van der Waals surface area contributed by atoms with E-state index < -0.39 is 12.1 Å². The number of benzene rings is 2. The van der Waals surface area contributed by atoms with Gasteiger partial charge in [-0.3, -0.25) is 9.59 Å². The van der Waals surface area contributed by atoms with Crippen molar-refractivity contribution in [1.29, 1.82) is 0 Å². The van der Waals surface area contributed by atoms with Crippen molar-refractivity contribution in [2.45, 2.75) is 25.0 Å². The van der Waals surface area contributed by atoms with Crippen LogP contribution in [0.2, 0.25) is 5.02 Å². The van der Waals surface area contributed by atoms with Crippen LogP contribution in [0.15, 0.2) is 53.5 Å². The quantitative estimate of drug-likeness (QED) is 0.396. The van der Waals surface area contributed by atoms with Gasteiger partial charge in [0.2, 0.25) is 0 Å². The monoisotopic (exact) mass is 513 g/mol. The van der Waals surface area contributed by atoms with Gasteiger partial charge in [-0.15, -0.1) is 0 Å². The number of carbonyl (C=O) groups excluding carboxylic acids is 2. The first-order valence-electron chi connectivity index (χ1n) is 11.7. The first kappa shape index (κ1) is 25.7. The van der Waals surface area contributed by atoms with Crippen molar-refractivity contribution in [3.8, 4) is 5.75 Å². The molecule has 0 spiro atoms. The van der Waals surface area contributed by atoms with Crippen molar-refractivity contribution < 1.29 is 24.2 Å². The molecule has 4 rings (SSSR count). The summed E-state index contributed by atoms with van der Waals surface area (Å²) in [4.78, 5) is 41.4. The summed E-state index contributed by atoms with van der Waals surface area (Å²) in [5.41, 5.74) is 0.380. The number of hydrogen-bond acceptors (Lipinski definition) is 7. The Labute approximate surface area is 213 Å². The minimum absolute atomic E-state index is 0.0793. The van der Waals surface area contributed by atoms with Crippen LogP contribution >= 0.6 is 11.6 Å². The number of aliphatic hydroxyl groups is 1. The zero-order valence-corrected chi connectivity index (χ0v) is 20.6. The van der Waals surface area contributed by atoms with Gasteiger partial charge in [0.25, 0.3) is 11.5 Å². The van der Waals surface area contributed by atoms with E-state index >= 15 is 0 Å². The van der Waals surface area contributed by atoms with Crippen molar-refractivity contribution in [3.63, 3.8) is 0 Å². The number of nitrogens with zero attached hydrogens (tertiary/aromatic N) is 1. The molecular formula is C26H28ClN3O6. The molecule has 0 bridgehead atoms. The van der Waals surface area contributed by atoms with Crippen LogP contribution in [0.3, 0.4) is 0 Å². The van der Waals surface area contributed by atoms with Gasteiger partial charge in [-0.05, 0) is 37.1 Å². The second-order valence-corrected chi connectivity index (χ2v) is 9.13. The molecule has 1 aromatic heterocycles. The average Bonchev–Trinajstić information content (AvgIpc) is 2.89. The Morgan fingerprint density at radius 2 is 1.89 bits per heavy atom. The van der Waals surface area contributed by atoms with E-state index in [0.717, 1.165) is 0 Å². The summed E-state index contributed by atoms with van der Waals surface area (Å²) in [5.74, 6) is -0.440. The molecule has 0 radical (unpaired) electrons. The van der Waals surface area contributed by atoms with Crippen LogP contribution in [-0.2, 0) is 4.74 Å². The van der Waals surface area contributed by atoms with Gasteiger partial charge in [0.05, 0.1) is 18.8 Å². The predicted molar refractivity (Wildman–Crippen MR) is 136 cm³/mol. The van der Waals surface area contributed by atoms with E-state index in [-0.39, 0.29) is 29.7 Å². The summed E-state index contributed by atoms with van der Waals surface area (Å²) >= 11 is 6.01. The van der Waals surface area contributed by atoms with Gasteiger partial charge >= 0.3 is 5.97 Å². The van der Waals surface area contributed by atoms with Gasteiger partial charge in [0.1, 0.15) is 17.4 Å². The van der Waals surface area contributed by atoms with Crippen LogP contribution in [0.1, 0.15) is 33.6 Å². The summed E-state index contributed by atoms with van der Waals surface area (Å²) in [7, 11) is 1.31. The topological polar surface area (TPSA) is 121 Å². The van der Waals surface area contributed by atoms with Gasteiger partial charge in [-0.1, -0.05) is 29.8 Å². The molecule has 1 saturated heterocycles. The van der Waals surface area contributed by atoms with Crippen molar-refractivity contribution in [2.75, 3.05) is 33.3 Å². The van der Waals surface area contributed by atoms with Crippen molar-refractivity contribution >= 4 is 34.2 Å². The number of carbonyl (C=O) groups is 2. The minimum Gasteiger partial charge on any atom is -0.489 e. The number of piperidine rings is 1. The molecular weight excluding hydrogens is 486 g/mol. The third-order valence-corrected chi connectivity index (χ3v) is 6.43. The van der Waals surface area contributed by atoms with E-state index in [2.05, 4.69) is 15.2 Å². The van der Waals surface area contributed by atoms with E-state index in [1.807, 2.05) is 0 Å². The number of rotatable bonds is 8. The standard InChI is InChI=1S/C26H28ClN3O6/c1-35-26(34)21-12-16(27)6-7-23(21)36-18-8-10-30(11-9-18)15-17(31)13-28-25(33)22-14-29-24(32)20-5-3-2-4-19(20)22/h2-7,12,14,17-18,31H,8-11,13,15H2,1H3,(H,28,33)(H,29,32). The molecule has 1 atom stereocenters. The lowest BCUT2D eigenvalue weighted by molar-refractivity contribution is 0.0541. The molecule has 1 aliphatic rings. The number of hydrogen-bond donors (Lipinski definition) is 3. The Kier molecular flexibility index (Phi) is 8.25. The van der Waals surface area contributed by atoms with Crippen LogP contribution in [-0.4, -0.2) is 72.4 Å². The summed E-state index contributed by atoms with van der Waals surface area (Å²) in [6.45, 7) is 1.87. The number of aromatic nitrogens is 1. The van der Waals surface area contributed by atoms with Crippen molar-refractivity contribution in [2.24, 2.45) is 0 Å². The lowest BCUT2D eigenvalue weighted by Gasteiger charge is -2.33. The highest BCUT2D eigenvalue weighted by atomic mass is 35.5. The molecule has 10 heteroatoms. The van der Waals surface area contributed by atoms with Gasteiger partial charge < -0.3 is 29.8 Å². The number of fused-ring (bicyclic) bond motifs is 1. The Hall–Kier alpha value is -3.40. The number of ether oxygens (including phenoxy) is 2. The van der Waals surface area contributed by atoms with Gasteiger partial charge in [0, 0.05) is 48.2 Å². The number of likely N-dealkylation sites (tertiary alicyclic amines) is 1. The minimum atomic E-state index is -0.761. The molecule has 1 aliphatic heterocycles. The fourth-order valence-corrected chi connectivity index (χ4v) is 4.50. The summed E-state index contributed by atoms with van der Waals surface area (Å²) in [6, 6.07) is 11.8. The number of aliphatic hydroxyl groups excluding tert-OH is 1. The number of methoxy groups -OCH3 is 1. The number of pyridine rings is 1. The lowest BCUT2D eigenvalue weighted by Crippen LogP contribution is -2.45. The zero-order chi connectivity index (χ0) is 25.7. The van der Waals surface area contributed by atoms with Crippen LogP contribution in [0.25, 0.3) is 10.8 Å². The second-order valence-electron chi connectivity index (χ2n) is 8.69. The Bertz CT molecular complexity index is 1300. The zero-order valence-electron chi connectivity index (χ0n) is 19.8.